The van der Waals surface area contributed by atoms with Gasteiger partial charge < -0.3 is 9.64 Å². The Bertz CT molecular complexity index is 350. The van der Waals surface area contributed by atoms with Crippen LogP contribution in [0, 0.1) is 5.41 Å². The van der Waals surface area contributed by atoms with E-state index in [2.05, 4.69) is 20.8 Å². The molecule has 0 heterocycles. The molecule has 0 saturated heterocycles. The van der Waals surface area contributed by atoms with Crippen LogP contribution in [-0.2, 0) is 9.53 Å². The van der Waals surface area contributed by atoms with E-state index in [1.165, 1.54) is 17.7 Å². The second-order valence-electron chi connectivity index (χ2n) is 5.83. The third-order valence-electron chi connectivity index (χ3n) is 4.13. The molecule has 0 saturated carbocycles. The van der Waals surface area contributed by atoms with Gasteiger partial charge in [-0.15, -0.1) is 11.6 Å². The van der Waals surface area contributed by atoms with Crippen LogP contribution in [-0.4, -0.2) is 36.9 Å². The molecule has 0 aromatic heterocycles. The van der Waals surface area contributed by atoms with E-state index in [0.29, 0.717) is 13.2 Å². The normalized spacial score (nSPS) is 18.6. The Labute approximate surface area is 121 Å². The van der Waals surface area contributed by atoms with Crippen molar-refractivity contribution in [1.29, 1.82) is 0 Å². The number of nitrogens with zero attached hydrogens (tertiary/aromatic N) is 1. The minimum atomic E-state index is 0.00446. The second kappa shape index (κ2) is 7.30. The molecule has 1 amide bonds. The molecule has 0 aromatic rings. The van der Waals surface area contributed by atoms with Crippen LogP contribution in [0.15, 0.2) is 11.3 Å². The lowest BCUT2D eigenvalue weighted by molar-refractivity contribution is -0.127. The van der Waals surface area contributed by atoms with Gasteiger partial charge in [-0.1, -0.05) is 13.8 Å². The molecule has 0 atom stereocenters. The molecule has 1 aliphatic rings. The maximum Gasteiger partial charge on any atom is 0.241 e. The minimum Gasteiger partial charge on any atom is -0.385 e. The van der Waals surface area contributed by atoms with E-state index in [1.54, 1.807) is 7.11 Å². The van der Waals surface area contributed by atoms with Crippen molar-refractivity contribution < 1.29 is 9.53 Å². The Hall–Kier alpha value is -0.540. The molecule has 0 fully saturated rings. The Kier molecular flexibility index (Phi) is 6.34. The van der Waals surface area contributed by atoms with Crippen molar-refractivity contribution in [3.05, 3.63) is 11.3 Å². The molecule has 1 aliphatic carbocycles. The Morgan fingerprint density at radius 1 is 1.47 bits per heavy atom. The van der Waals surface area contributed by atoms with Gasteiger partial charge in [0, 0.05) is 26.0 Å². The summed E-state index contributed by atoms with van der Waals surface area (Å²) in [5.41, 5.74) is 2.69. The van der Waals surface area contributed by atoms with Gasteiger partial charge in [-0.25, -0.2) is 0 Å². The number of carbonyl (C=O) groups is 1. The Morgan fingerprint density at radius 2 is 2.16 bits per heavy atom. The van der Waals surface area contributed by atoms with Crippen LogP contribution in [0.3, 0.4) is 0 Å². The number of methoxy groups -OCH3 is 1. The van der Waals surface area contributed by atoms with Gasteiger partial charge in [0.15, 0.2) is 0 Å². The standard InChI is InChI=1S/C15H26ClNO2/c1-12-13(7-5-8-15(12,2)3)17(14(18)11-16)9-6-10-19-4/h5-11H2,1-4H3. The van der Waals surface area contributed by atoms with Crippen molar-refractivity contribution in [3.8, 4) is 0 Å². The monoisotopic (exact) mass is 287 g/mol. The first-order valence-corrected chi connectivity index (χ1v) is 7.53. The average molecular weight is 288 g/mol. The number of carbonyl (C=O) groups excluding carboxylic acids is 1. The number of hydrogen-bond donors (Lipinski definition) is 0. The van der Waals surface area contributed by atoms with Crippen molar-refractivity contribution >= 4 is 17.5 Å². The number of allylic oxidation sites excluding steroid dienone is 2. The molecule has 0 aromatic carbocycles. The molecule has 0 bridgehead atoms. The van der Waals surface area contributed by atoms with E-state index in [1.807, 2.05) is 4.90 Å². The van der Waals surface area contributed by atoms with Crippen LogP contribution in [0.25, 0.3) is 0 Å². The van der Waals surface area contributed by atoms with Gasteiger partial charge in [-0.2, -0.15) is 0 Å². The highest BCUT2D eigenvalue weighted by Crippen LogP contribution is 2.40. The fourth-order valence-electron chi connectivity index (χ4n) is 2.65. The van der Waals surface area contributed by atoms with E-state index in [0.717, 1.165) is 19.3 Å². The summed E-state index contributed by atoms with van der Waals surface area (Å²) in [4.78, 5) is 14.0. The Balaban J connectivity index is 2.93. The summed E-state index contributed by atoms with van der Waals surface area (Å²) in [5, 5.41) is 0. The zero-order valence-corrected chi connectivity index (χ0v) is 13.3. The number of alkyl halides is 1. The van der Waals surface area contributed by atoms with Crippen molar-refractivity contribution in [3.63, 3.8) is 0 Å². The highest BCUT2D eigenvalue weighted by molar-refractivity contribution is 6.27. The molecular weight excluding hydrogens is 262 g/mol. The van der Waals surface area contributed by atoms with E-state index < -0.39 is 0 Å². The van der Waals surface area contributed by atoms with Crippen molar-refractivity contribution in [1.82, 2.24) is 4.90 Å². The fraction of sp³-hybridized carbons (Fsp3) is 0.800. The summed E-state index contributed by atoms with van der Waals surface area (Å²) < 4.78 is 5.07. The summed E-state index contributed by atoms with van der Waals surface area (Å²) in [7, 11) is 1.68. The molecule has 0 unspecified atom stereocenters. The number of amides is 1. The summed E-state index contributed by atoms with van der Waals surface area (Å²) in [6.07, 6.45) is 4.14. The first-order chi connectivity index (χ1) is 8.94. The minimum absolute atomic E-state index is 0.00446. The molecule has 0 aliphatic heterocycles. The van der Waals surface area contributed by atoms with Crippen LogP contribution in [0.5, 0.6) is 0 Å². The highest BCUT2D eigenvalue weighted by atomic mass is 35.5. The zero-order chi connectivity index (χ0) is 14.5. The molecule has 0 radical (unpaired) electrons. The maximum atomic E-state index is 12.1. The molecule has 0 N–H and O–H groups in total. The average Bonchev–Trinajstić information content (AvgIpc) is 2.38. The number of ether oxygens (including phenoxy) is 1. The zero-order valence-electron chi connectivity index (χ0n) is 12.6. The van der Waals surface area contributed by atoms with Crippen LogP contribution in [0.4, 0.5) is 0 Å². The number of hydrogen-bond acceptors (Lipinski definition) is 2. The summed E-state index contributed by atoms with van der Waals surface area (Å²) in [6.45, 7) is 8.02. The van der Waals surface area contributed by atoms with Gasteiger partial charge in [0.1, 0.15) is 5.88 Å². The van der Waals surface area contributed by atoms with Crippen LogP contribution in [0.1, 0.15) is 46.5 Å². The van der Waals surface area contributed by atoms with Gasteiger partial charge in [-0.3, -0.25) is 4.79 Å². The maximum absolute atomic E-state index is 12.1. The van der Waals surface area contributed by atoms with Gasteiger partial charge in [0.05, 0.1) is 0 Å². The molecule has 4 heteroatoms. The van der Waals surface area contributed by atoms with Crippen molar-refractivity contribution in [2.24, 2.45) is 5.41 Å². The third-order valence-corrected chi connectivity index (χ3v) is 4.36. The van der Waals surface area contributed by atoms with Crippen LogP contribution in [0.2, 0.25) is 0 Å². The topological polar surface area (TPSA) is 29.5 Å². The number of rotatable bonds is 6. The van der Waals surface area contributed by atoms with Gasteiger partial charge >= 0.3 is 0 Å². The number of halogens is 1. The molecule has 1 rings (SSSR count). The highest BCUT2D eigenvalue weighted by Gasteiger charge is 2.30. The van der Waals surface area contributed by atoms with E-state index in [9.17, 15) is 4.79 Å². The van der Waals surface area contributed by atoms with E-state index in [-0.39, 0.29) is 17.2 Å². The molecule has 3 nitrogen and oxygen atoms in total. The summed E-state index contributed by atoms with van der Waals surface area (Å²) in [5.74, 6) is 0.0503. The molecule has 19 heavy (non-hydrogen) atoms. The van der Waals surface area contributed by atoms with E-state index >= 15 is 0 Å². The molecule has 110 valence electrons. The predicted molar refractivity (Wildman–Crippen MR) is 79.3 cm³/mol. The van der Waals surface area contributed by atoms with Gasteiger partial charge in [-0.05, 0) is 43.6 Å². The first kappa shape index (κ1) is 16.5. The summed E-state index contributed by atoms with van der Waals surface area (Å²) in [6, 6.07) is 0. The SMILES string of the molecule is COCCCN(C(=O)CCl)C1=C(C)C(C)(C)CCC1. The van der Waals surface area contributed by atoms with E-state index in [4.69, 9.17) is 16.3 Å². The lowest BCUT2D eigenvalue weighted by Gasteiger charge is -2.37. The lowest BCUT2D eigenvalue weighted by Crippen LogP contribution is -2.36. The fourth-order valence-corrected chi connectivity index (χ4v) is 2.79. The van der Waals surface area contributed by atoms with Crippen molar-refractivity contribution in [2.45, 2.75) is 46.5 Å². The van der Waals surface area contributed by atoms with Crippen LogP contribution < -0.4 is 0 Å². The largest absolute Gasteiger partial charge is 0.385 e. The smallest absolute Gasteiger partial charge is 0.241 e. The summed E-state index contributed by atoms with van der Waals surface area (Å²) >= 11 is 5.75. The van der Waals surface area contributed by atoms with Gasteiger partial charge in [0.25, 0.3) is 0 Å². The predicted octanol–water partition coefficient (Wildman–Crippen LogP) is 3.57. The quantitative estimate of drug-likeness (QED) is 0.552. The van der Waals surface area contributed by atoms with Crippen molar-refractivity contribution in [2.75, 3.05) is 26.1 Å². The third kappa shape index (κ3) is 4.22. The van der Waals surface area contributed by atoms with Gasteiger partial charge in [0.2, 0.25) is 5.91 Å². The first-order valence-electron chi connectivity index (χ1n) is 6.99. The van der Waals surface area contributed by atoms with Crippen LogP contribution >= 0.6 is 11.6 Å². The Morgan fingerprint density at radius 3 is 2.74 bits per heavy atom. The molecular formula is C15H26ClNO2. The lowest BCUT2D eigenvalue weighted by atomic mass is 9.75. The second-order valence-corrected chi connectivity index (χ2v) is 6.10. The molecule has 0 spiro atoms.